The second-order valence-electron chi connectivity index (χ2n) is 4.63. The summed E-state index contributed by atoms with van der Waals surface area (Å²) in [6.07, 6.45) is 0.990. The van der Waals surface area contributed by atoms with Crippen molar-refractivity contribution in [1.29, 1.82) is 0 Å². The Morgan fingerprint density at radius 3 is 2.64 bits per heavy atom. The van der Waals surface area contributed by atoms with Gasteiger partial charge in [0.05, 0.1) is 18.6 Å². The Kier molecular flexibility index (Phi) is 5.55. The number of ether oxygens (including phenoxy) is 1. The van der Waals surface area contributed by atoms with Crippen LogP contribution in [0.5, 0.6) is 5.75 Å². The van der Waals surface area contributed by atoms with E-state index in [4.69, 9.17) is 10.5 Å². The van der Waals surface area contributed by atoms with Crippen LogP contribution in [0.25, 0.3) is 0 Å². The van der Waals surface area contributed by atoms with Crippen LogP contribution < -0.4 is 15.8 Å². The minimum Gasteiger partial charge on any atom is -0.493 e. The number of anilines is 1. The lowest BCUT2D eigenvalue weighted by molar-refractivity contribution is -0.116. The number of amides is 2. The number of nitrogens with two attached hydrogens (primary N) is 1. The molecule has 0 unspecified atom stereocenters. The standard InChI is InChI=1S/C16H18N2O3S/c1-2-12-10-13(15(17)20)16(22-12)18-14(19)8-9-21-11-6-4-3-5-7-11/h3-7,10H,2,8-9H2,1H3,(H2,17,20)(H,18,19). The van der Waals surface area contributed by atoms with E-state index in [1.165, 1.54) is 11.3 Å². The molecule has 0 atom stereocenters. The van der Waals surface area contributed by atoms with E-state index in [0.29, 0.717) is 10.6 Å². The summed E-state index contributed by atoms with van der Waals surface area (Å²) in [5.74, 6) is -0.0211. The first kappa shape index (κ1) is 16.0. The molecule has 6 heteroatoms. The topological polar surface area (TPSA) is 81.4 Å². The number of hydrogen-bond donors (Lipinski definition) is 2. The Labute approximate surface area is 133 Å². The molecule has 1 heterocycles. The molecule has 0 spiro atoms. The van der Waals surface area contributed by atoms with Crippen molar-refractivity contribution in [3.63, 3.8) is 0 Å². The fourth-order valence-corrected chi connectivity index (χ4v) is 2.88. The number of carbonyl (C=O) groups is 2. The number of thiophene rings is 1. The molecule has 0 aliphatic rings. The third-order valence-electron chi connectivity index (χ3n) is 2.99. The van der Waals surface area contributed by atoms with Crippen LogP contribution >= 0.6 is 11.3 Å². The third-order valence-corrected chi connectivity index (χ3v) is 4.19. The number of para-hydroxylation sites is 1. The van der Waals surface area contributed by atoms with Gasteiger partial charge in [-0.2, -0.15) is 0 Å². The SMILES string of the molecule is CCc1cc(C(N)=O)c(NC(=O)CCOc2ccccc2)s1. The summed E-state index contributed by atoms with van der Waals surface area (Å²) in [7, 11) is 0. The number of nitrogens with one attached hydrogen (secondary N) is 1. The van der Waals surface area contributed by atoms with Gasteiger partial charge in [-0.05, 0) is 24.6 Å². The van der Waals surface area contributed by atoms with Crippen LogP contribution in [0, 0.1) is 0 Å². The molecule has 5 nitrogen and oxygen atoms in total. The Bertz CT molecular complexity index is 653. The monoisotopic (exact) mass is 318 g/mol. The van der Waals surface area contributed by atoms with Crippen molar-refractivity contribution in [1.82, 2.24) is 0 Å². The fourth-order valence-electron chi connectivity index (χ4n) is 1.86. The molecule has 1 aromatic carbocycles. The highest BCUT2D eigenvalue weighted by atomic mass is 32.1. The summed E-state index contributed by atoms with van der Waals surface area (Å²) in [6, 6.07) is 11.0. The number of benzene rings is 1. The molecule has 116 valence electrons. The maximum atomic E-state index is 11.9. The van der Waals surface area contributed by atoms with Crippen molar-refractivity contribution in [2.75, 3.05) is 11.9 Å². The summed E-state index contributed by atoms with van der Waals surface area (Å²) in [6.45, 7) is 2.25. The zero-order chi connectivity index (χ0) is 15.9. The average molecular weight is 318 g/mol. The molecule has 0 aliphatic heterocycles. The van der Waals surface area contributed by atoms with E-state index in [1.54, 1.807) is 6.07 Å². The Morgan fingerprint density at radius 2 is 2.00 bits per heavy atom. The molecule has 0 aliphatic carbocycles. The van der Waals surface area contributed by atoms with Gasteiger partial charge in [-0.25, -0.2) is 0 Å². The van der Waals surface area contributed by atoms with Gasteiger partial charge in [0.1, 0.15) is 10.8 Å². The van der Waals surface area contributed by atoms with Gasteiger partial charge in [0.2, 0.25) is 5.91 Å². The third kappa shape index (κ3) is 4.33. The van der Waals surface area contributed by atoms with Crippen LogP contribution in [-0.2, 0) is 11.2 Å². The summed E-state index contributed by atoms with van der Waals surface area (Å²) in [5.41, 5.74) is 5.69. The minimum atomic E-state index is -0.535. The molecule has 2 aromatic rings. The van der Waals surface area contributed by atoms with Gasteiger partial charge < -0.3 is 15.8 Å². The van der Waals surface area contributed by atoms with E-state index >= 15 is 0 Å². The fraction of sp³-hybridized carbons (Fsp3) is 0.250. The number of hydrogen-bond acceptors (Lipinski definition) is 4. The van der Waals surface area contributed by atoms with E-state index in [9.17, 15) is 9.59 Å². The van der Waals surface area contributed by atoms with Crippen LogP contribution in [0.4, 0.5) is 5.00 Å². The normalized spacial score (nSPS) is 10.2. The summed E-state index contributed by atoms with van der Waals surface area (Å²) in [5, 5.41) is 3.24. The zero-order valence-electron chi connectivity index (χ0n) is 12.3. The highest BCUT2D eigenvalue weighted by Crippen LogP contribution is 2.28. The molecule has 0 fully saturated rings. The lowest BCUT2D eigenvalue weighted by Gasteiger charge is -2.06. The minimum absolute atomic E-state index is 0.201. The van der Waals surface area contributed by atoms with Crippen molar-refractivity contribution in [2.24, 2.45) is 5.73 Å². The van der Waals surface area contributed by atoms with Crippen molar-refractivity contribution in [3.05, 3.63) is 46.8 Å². The van der Waals surface area contributed by atoms with Gasteiger partial charge in [-0.1, -0.05) is 25.1 Å². The maximum Gasteiger partial charge on any atom is 0.251 e. The smallest absolute Gasteiger partial charge is 0.251 e. The lowest BCUT2D eigenvalue weighted by Crippen LogP contribution is -2.18. The lowest BCUT2D eigenvalue weighted by atomic mass is 10.2. The van der Waals surface area contributed by atoms with Crippen LogP contribution in [-0.4, -0.2) is 18.4 Å². The van der Waals surface area contributed by atoms with Crippen molar-refractivity contribution in [2.45, 2.75) is 19.8 Å². The first-order valence-electron chi connectivity index (χ1n) is 7.00. The first-order chi connectivity index (χ1) is 10.6. The van der Waals surface area contributed by atoms with Gasteiger partial charge in [0, 0.05) is 4.88 Å². The predicted molar refractivity (Wildman–Crippen MR) is 87.4 cm³/mol. The molecule has 0 radical (unpaired) electrons. The van der Waals surface area contributed by atoms with Crippen LogP contribution in [0.3, 0.4) is 0 Å². The predicted octanol–water partition coefficient (Wildman–Crippen LogP) is 2.82. The molecule has 0 saturated heterocycles. The maximum absolute atomic E-state index is 11.9. The van der Waals surface area contributed by atoms with Crippen LogP contribution in [0.15, 0.2) is 36.4 Å². The molecule has 0 bridgehead atoms. The molecule has 0 saturated carbocycles. The van der Waals surface area contributed by atoms with Gasteiger partial charge in [0.25, 0.3) is 5.91 Å². The molecule has 22 heavy (non-hydrogen) atoms. The van der Waals surface area contributed by atoms with E-state index in [1.807, 2.05) is 37.3 Å². The van der Waals surface area contributed by atoms with Crippen molar-refractivity contribution >= 4 is 28.2 Å². The zero-order valence-corrected chi connectivity index (χ0v) is 13.1. The Balaban J connectivity index is 1.89. The largest absolute Gasteiger partial charge is 0.493 e. The van der Waals surface area contributed by atoms with Gasteiger partial charge in [-0.3, -0.25) is 9.59 Å². The molecular weight excluding hydrogens is 300 g/mol. The average Bonchev–Trinajstić information content (AvgIpc) is 2.91. The number of carbonyl (C=O) groups excluding carboxylic acids is 2. The first-order valence-corrected chi connectivity index (χ1v) is 7.82. The van der Waals surface area contributed by atoms with Gasteiger partial charge in [0.15, 0.2) is 0 Å². The summed E-state index contributed by atoms with van der Waals surface area (Å²) >= 11 is 1.37. The highest BCUT2D eigenvalue weighted by molar-refractivity contribution is 7.16. The molecular formula is C16H18N2O3S. The number of aryl methyl sites for hydroxylation is 1. The molecule has 1 aromatic heterocycles. The van der Waals surface area contributed by atoms with Gasteiger partial charge in [-0.15, -0.1) is 11.3 Å². The van der Waals surface area contributed by atoms with E-state index in [0.717, 1.165) is 17.0 Å². The van der Waals surface area contributed by atoms with Crippen molar-refractivity contribution in [3.8, 4) is 5.75 Å². The second-order valence-corrected chi connectivity index (χ2v) is 5.77. The van der Waals surface area contributed by atoms with Crippen molar-refractivity contribution < 1.29 is 14.3 Å². The quantitative estimate of drug-likeness (QED) is 0.823. The van der Waals surface area contributed by atoms with E-state index in [-0.39, 0.29) is 18.9 Å². The molecule has 2 amide bonds. The molecule has 2 rings (SSSR count). The second kappa shape index (κ2) is 7.61. The van der Waals surface area contributed by atoms with Gasteiger partial charge >= 0.3 is 0 Å². The summed E-state index contributed by atoms with van der Waals surface area (Å²) < 4.78 is 5.47. The van der Waals surface area contributed by atoms with E-state index in [2.05, 4.69) is 5.32 Å². The molecule has 3 N–H and O–H groups in total. The Hall–Kier alpha value is -2.34. The number of rotatable bonds is 7. The summed E-state index contributed by atoms with van der Waals surface area (Å²) in [4.78, 5) is 24.3. The van der Waals surface area contributed by atoms with E-state index < -0.39 is 5.91 Å². The Morgan fingerprint density at radius 1 is 1.27 bits per heavy atom. The highest BCUT2D eigenvalue weighted by Gasteiger charge is 2.15. The van der Waals surface area contributed by atoms with Crippen LogP contribution in [0.1, 0.15) is 28.6 Å². The number of primary amides is 1. The van der Waals surface area contributed by atoms with Crippen LogP contribution in [0.2, 0.25) is 0 Å².